The van der Waals surface area contributed by atoms with Crippen molar-refractivity contribution in [2.24, 2.45) is 0 Å². The van der Waals surface area contributed by atoms with Gasteiger partial charge in [-0.1, -0.05) is 90.1 Å². The number of halogens is 1. The number of aryl methyl sites for hydroxylation is 2. The maximum Gasteiger partial charge on any atom is 2.00 e. The molecule has 6 rings (SSSR count). The molecule has 0 fully saturated rings. The summed E-state index contributed by atoms with van der Waals surface area (Å²) in [5, 5.41) is 21.9. The van der Waals surface area contributed by atoms with Crippen LogP contribution in [0.25, 0.3) is 22.5 Å². The predicted octanol–water partition coefficient (Wildman–Crippen LogP) is 7.91. The first-order valence-corrected chi connectivity index (χ1v) is 17.1. The second kappa shape index (κ2) is 18.1. The summed E-state index contributed by atoms with van der Waals surface area (Å²) in [6, 6.07) is 18.5. The van der Waals surface area contributed by atoms with Crippen LogP contribution in [0.3, 0.4) is 0 Å². The molecule has 0 saturated carbocycles. The van der Waals surface area contributed by atoms with Crippen molar-refractivity contribution in [3.05, 3.63) is 115 Å². The van der Waals surface area contributed by atoms with E-state index < -0.39 is 0 Å². The molecular formula is C39H42BrN7O2Zn. The first-order valence-electron chi connectivity index (χ1n) is 16.3. The Morgan fingerprint density at radius 1 is 0.660 bits per heavy atom. The Balaban J connectivity index is 0.000000310. The number of nitrogens with zero attached hydrogens (tertiary/aromatic N) is 7. The fourth-order valence-corrected chi connectivity index (χ4v) is 6.41. The van der Waals surface area contributed by atoms with Crippen molar-refractivity contribution >= 4 is 15.9 Å². The number of fused-ring (bicyclic) bond motifs is 2. The molecule has 2 aromatic carbocycles. The zero-order chi connectivity index (χ0) is 36.5. The van der Waals surface area contributed by atoms with Gasteiger partial charge in [0.25, 0.3) is 11.1 Å². The summed E-state index contributed by atoms with van der Waals surface area (Å²) in [4.78, 5) is 34.5. The summed E-state index contributed by atoms with van der Waals surface area (Å²) < 4.78 is 4.04. The molecule has 9 nitrogen and oxygen atoms in total. The Labute approximate surface area is 316 Å². The van der Waals surface area contributed by atoms with Crippen LogP contribution in [0, 0.1) is 35.0 Å². The van der Waals surface area contributed by atoms with E-state index in [0.29, 0.717) is 16.7 Å². The van der Waals surface area contributed by atoms with Gasteiger partial charge in [-0.15, -0.1) is 0 Å². The molecule has 11 heteroatoms. The van der Waals surface area contributed by atoms with E-state index in [-0.39, 0.29) is 47.0 Å². The maximum atomic E-state index is 12.6. The van der Waals surface area contributed by atoms with Gasteiger partial charge in [-0.3, -0.25) is 18.7 Å². The molecule has 0 atom stereocenters. The Kier molecular flexibility index (Phi) is 15.2. The van der Waals surface area contributed by atoms with Gasteiger partial charge >= 0.3 is 19.5 Å². The fraction of sp³-hybridized carbons (Fsp3) is 0.410. The van der Waals surface area contributed by atoms with Crippen LogP contribution < -0.4 is 11.1 Å². The molecule has 2 aliphatic heterocycles. The fourth-order valence-electron chi connectivity index (χ4n) is 5.88. The van der Waals surface area contributed by atoms with Gasteiger partial charge in [0.15, 0.2) is 0 Å². The molecule has 0 amide bonds. The van der Waals surface area contributed by atoms with E-state index in [1.807, 2.05) is 12.1 Å². The normalized spacial score (nSPS) is 13.1. The van der Waals surface area contributed by atoms with Gasteiger partial charge in [-0.2, -0.15) is 5.26 Å². The number of nitriles is 1. The van der Waals surface area contributed by atoms with Crippen LogP contribution in [-0.4, -0.2) is 19.1 Å². The van der Waals surface area contributed by atoms with E-state index in [2.05, 4.69) is 105 Å². The van der Waals surface area contributed by atoms with Gasteiger partial charge in [0, 0.05) is 37.1 Å². The van der Waals surface area contributed by atoms with E-state index in [4.69, 9.17) is 28.7 Å². The largest absolute Gasteiger partial charge is 2.00 e. The van der Waals surface area contributed by atoms with Crippen molar-refractivity contribution in [1.29, 1.82) is 15.8 Å². The molecule has 0 radical (unpaired) electrons. The van der Waals surface area contributed by atoms with Crippen LogP contribution in [0.15, 0.2) is 62.6 Å². The number of rotatable bonds is 2. The predicted molar refractivity (Wildman–Crippen MR) is 193 cm³/mol. The molecule has 0 aliphatic carbocycles. The van der Waals surface area contributed by atoms with Crippen molar-refractivity contribution in [1.82, 2.24) is 19.1 Å². The van der Waals surface area contributed by atoms with E-state index in [0.717, 1.165) is 73.5 Å². The number of hydrogen-bond donors (Lipinski definition) is 0. The van der Waals surface area contributed by atoms with E-state index >= 15 is 0 Å². The van der Waals surface area contributed by atoms with Crippen LogP contribution in [-0.2, 0) is 56.2 Å². The van der Waals surface area contributed by atoms with Crippen LogP contribution in [0.2, 0.25) is 0 Å². The van der Waals surface area contributed by atoms with Gasteiger partial charge in [-0.25, -0.2) is 9.97 Å². The van der Waals surface area contributed by atoms with Crippen LogP contribution in [0.1, 0.15) is 95.6 Å². The Hall–Kier alpha value is -4.23. The molecule has 0 spiro atoms. The molecule has 254 valence electrons. The summed E-state index contributed by atoms with van der Waals surface area (Å²) in [6.07, 6.45) is 5.86. The Morgan fingerprint density at radius 3 is 1.44 bits per heavy atom. The van der Waals surface area contributed by atoms with Crippen molar-refractivity contribution in [2.75, 3.05) is 0 Å². The van der Waals surface area contributed by atoms with Crippen LogP contribution in [0.4, 0.5) is 0 Å². The summed E-state index contributed by atoms with van der Waals surface area (Å²) in [5.41, 5.74) is 5.79. The molecule has 4 aromatic rings. The zero-order valence-corrected chi connectivity index (χ0v) is 34.4. The van der Waals surface area contributed by atoms with Gasteiger partial charge in [-0.05, 0) is 63.6 Å². The summed E-state index contributed by atoms with van der Waals surface area (Å²) in [7, 11) is 0. The Bertz CT molecular complexity index is 1970. The second-order valence-electron chi connectivity index (χ2n) is 14.0. The maximum absolute atomic E-state index is 12.6. The SMILES string of the molecule is CC(C)(C)c1ccc(-c2nc3n(c(=O)c2Br)CCCC3)cc1.CC(C)(C)c1ccc(-c2nc3n(c(=O)c2C#N)CCCC3)cc1.[C-]#N.[C-]#N.[Zn+2]. The molecular weight excluding hydrogens is 744 g/mol. The summed E-state index contributed by atoms with van der Waals surface area (Å²) in [5.74, 6) is 1.71. The first kappa shape index (κ1) is 41.9. The van der Waals surface area contributed by atoms with Gasteiger partial charge < -0.3 is 23.7 Å². The van der Waals surface area contributed by atoms with Crippen molar-refractivity contribution in [3.8, 4) is 28.6 Å². The van der Waals surface area contributed by atoms with Gasteiger partial charge in [0.1, 0.15) is 27.8 Å². The minimum absolute atomic E-state index is 0. The van der Waals surface area contributed by atoms with Crippen LogP contribution in [0.5, 0.6) is 0 Å². The molecule has 50 heavy (non-hydrogen) atoms. The number of benzene rings is 2. The molecule has 2 aromatic heterocycles. The minimum atomic E-state index is -0.202. The smallest absolute Gasteiger partial charge is 0.512 e. The van der Waals surface area contributed by atoms with Crippen molar-refractivity contribution < 1.29 is 19.5 Å². The third-order valence-corrected chi connectivity index (χ3v) is 9.38. The summed E-state index contributed by atoms with van der Waals surface area (Å²) >= 11 is 3.46. The average Bonchev–Trinajstić information content (AvgIpc) is 3.11. The van der Waals surface area contributed by atoms with Crippen LogP contribution >= 0.6 is 15.9 Å². The second-order valence-corrected chi connectivity index (χ2v) is 14.8. The standard InChI is InChI=1S/C19H21N3O.C18H21BrN2O.2CN.Zn/c1-19(2,3)14-9-7-13(8-10-14)17-15(12-20)18(23)22-11-5-4-6-16(22)21-17;1-18(2,3)13-9-7-12(8-10-13)16-15(19)17(22)21-11-5-4-6-14(21)20-16;2*1-2;/h7-10H,4-6,11H2,1-3H3;7-10H,4-6,11H2,1-3H3;;;/q;;2*-1;+2. The average molecular weight is 786 g/mol. The van der Waals surface area contributed by atoms with E-state index in [1.165, 1.54) is 11.1 Å². The molecule has 4 heterocycles. The molecule has 2 aliphatic rings. The van der Waals surface area contributed by atoms with E-state index in [9.17, 15) is 14.9 Å². The minimum Gasteiger partial charge on any atom is -0.512 e. The number of hydrogen-bond acceptors (Lipinski definition) is 7. The molecule has 0 bridgehead atoms. The third-order valence-electron chi connectivity index (χ3n) is 8.67. The van der Waals surface area contributed by atoms with Crippen molar-refractivity contribution in [3.63, 3.8) is 0 Å². The monoisotopic (exact) mass is 783 g/mol. The third kappa shape index (κ3) is 9.51. The molecule has 0 saturated heterocycles. The van der Waals surface area contributed by atoms with Gasteiger partial charge in [0.2, 0.25) is 0 Å². The quantitative estimate of drug-likeness (QED) is 0.149. The molecule has 0 unspecified atom stereocenters. The van der Waals surface area contributed by atoms with Crippen molar-refractivity contribution in [2.45, 2.75) is 104 Å². The van der Waals surface area contributed by atoms with E-state index in [1.54, 1.807) is 9.13 Å². The zero-order valence-electron chi connectivity index (χ0n) is 29.8. The van der Waals surface area contributed by atoms with Gasteiger partial charge in [0.05, 0.1) is 11.4 Å². The topological polar surface area (TPSA) is 141 Å². The molecule has 0 N–H and O–H groups in total. The Morgan fingerprint density at radius 2 is 1.04 bits per heavy atom. The summed E-state index contributed by atoms with van der Waals surface area (Å²) in [6.45, 7) is 24.0. The number of aromatic nitrogens is 4. The first-order chi connectivity index (χ1) is 23.3.